The van der Waals surface area contributed by atoms with Crippen LogP contribution in [-0.2, 0) is 15.3 Å². The molecule has 3 nitrogen and oxygen atoms in total. The smallest absolute Gasteiger partial charge is 0.348 e. The topological polar surface area (TPSA) is 50.1 Å². The van der Waals surface area contributed by atoms with Gasteiger partial charge in [-0.2, -0.15) is 5.26 Å². The quantitative estimate of drug-likeness (QED) is 0.330. The van der Waals surface area contributed by atoms with Crippen molar-refractivity contribution in [2.24, 2.45) is 0 Å². The lowest BCUT2D eigenvalue weighted by Gasteiger charge is -2.12. The molecule has 4 heteroatoms. The number of carbonyl (C=O) groups excluding carboxylic acids is 1. The number of carbonyl (C=O) groups is 1. The largest absolute Gasteiger partial charge is 0.465 e. The Bertz CT molecular complexity index is 863. The summed E-state index contributed by atoms with van der Waals surface area (Å²) in [6, 6.07) is 14.4. The molecule has 2 aromatic rings. The summed E-state index contributed by atoms with van der Waals surface area (Å²) >= 11 is 1.79. The number of hydrogen-bond donors (Lipinski definition) is 0. The van der Waals surface area contributed by atoms with Crippen LogP contribution in [0.1, 0.15) is 27.8 Å². The fraction of sp³-hybridized carbons (Fsp3) is 0.238. The molecule has 0 saturated heterocycles. The van der Waals surface area contributed by atoms with Gasteiger partial charge in [-0.15, -0.1) is 11.8 Å². The molecule has 0 unspecified atom stereocenters. The van der Waals surface area contributed by atoms with E-state index in [1.807, 2.05) is 38.1 Å². The molecule has 0 N–H and O–H groups in total. The number of methoxy groups -OCH3 is 1. The number of aryl methyl sites for hydroxylation is 2. The average molecular weight is 351 g/mol. The van der Waals surface area contributed by atoms with Gasteiger partial charge in [-0.25, -0.2) is 4.79 Å². The van der Waals surface area contributed by atoms with Crippen molar-refractivity contribution in [1.29, 1.82) is 5.26 Å². The molecule has 0 aliphatic carbocycles. The van der Waals surface area contributed by atoms with Crippen LogP contribution in [0.25, 0.3) is 6.08 Å². The molecule has 0 radical (unpaired) electrons. The Morgan fingerprint density at radius 1 is 1.24 bits per heavy atom. The molecule has 0 heterocycles. The highest BCUT2D eigenvalue weighted by atomic mass is 32.2. The lowest BCUT2D eigenvalue weighted by atomic mass is 9.98. The molecular formula is C21H21NO2S. The van der Waals surface area contributed by atoms with Crippen molar-refractivity contribution in [3.63, 3.8) is 0 Å². The molecule has 0 aliphatic heterocycles. The first-order chi connectivity index (χ1) is 12.0. The maximum Gasteiger partial charge on any atom is 0.348 e. The van der Waals surface area contributed by atoms with Crippen molar-refractivity contribution in [1.82, 2.24) is 0 Å². The van der Waals surface area contributed by atoms with Crippen molar-refractivity contribution in [2.45, 2.75) is 31.4 Å². The molecule has 0 atom stereocenters. The summed E-state index contributed by atoms with van der Waals surface area (Å²) in [7, 11) is 1.28. The molecule has 0 saturated carbocycles. The fourth-order valence-electron chi connectivity index (χ4n) is 2.54. The second kappa shape index (κ2) is 8.55. The second-order valence-corrected chi connectivity index (χ2v) is 6.87. The minimum Gasteiger partial charge on any atom is -0.465 e. The van der Waals surface area contributed by atoms with E-state index in [9.17, 15) is 10.1 Å². The van der Waals surface area contributed by atoms with Crippen molar-refractivity contribution < 1.29 is 9.53 Å². The number of nitriles is 1. The number of nitrogens with zero attached hydrogens (tertiary/aromatic N) is 1. The summed E-state index contributed by atoms with van der Waals surface area (Å²) in [6.07, 6.45) is 1.61. The van der Waals surface area contributed by atoms with E-state index < -0.39 is 5.97 Å². The van der Waals surface area contributed by atoms with Crippen molar-refractivity contribution >= 4 is 23.8 Å². The second-order valence-electron chi connectivity index (χ2n) is 5.85. The zero-order valence-corrected chi connectivity index (χ0v) is 15.7. The van der Waals surface area contributed by atoms with Gasteiger partial charge >= 0.3 is 5.97 Å². The van der Waals surface area contributed by atoms with Crippen LogP contribution in [-0.4, -0.2) is 13.1 Å². The van der Waals surface area contributed by atoms with Crippen LogP contribution in [0, 0.1) is 32.1 Å². The summed E-state index contributed by atoms with van der Waals surface area (Å²) in [5.41, 5.74) is 5.51. The highest BCUT2D eigenvalue weighted by Gasteiger charge is 2.12. The van der Waals surface area contributed by atoms with E-state index in [1.165, 1.54) is 23.1 Å². The van der Waals surface area contributed by atoms with E-state index >= 15 is 0 Å². The van der Waals surface area contributed by atoms with Gasteiger partial charge in [0.15, 0.2) is 0 Å². The van der Waals surface area contributed by atoms with E-state index in [2.05, 4.69) is 29.9 Å². The average Bonchev–Trinajstić information content (AvgIpc) is 2.61. The Morgan fingerprint density at radius 3 is 2.60 bits per heavy atom. The van der Waals surface area contributed by atoms with Gasteiger partial charge in [0.2, 0.25) is 0 Å². The van der Waals surface area contributed by atoms with Crippen LogP contribution in [0.4, 0.5) is 0 Å². The van der Waals surface area contributed by atoms with Gasteiger partial charge in [0.25, 0.3) is 0 Å². The van der Waals surface area contributed by atoms with Crippen LogP contribution in [0.15, 0.2) is 46.9 Å². The summed E-state index contributed by atoms with van der Waals surface area (Å²) in [4.78, 5) is 12.9. The molecule has 0 fully saturated rings. The molecule has 0 bridgehead atoms. The van der Waals surface area contributed by atoms with E-state index in [0.717, 1.165) is 22.4 Å². The van der Waals surface area contributed by atoms with Crippen LogP contribution in [0.2, 0.25) is 0 Å². The monoisotopic (exact) mass is 351 g/mol. The molecule has 128 valence electrons. The number of thioether (sulfide) groups is 1. The normalized spacial score (nSPS) is 11.1. The van der Waals surface area contributed by atoms with Gasteiger partial charge in [-0.05, 0) is 55.2 Å². The first-order valence-electron chi connectivity index (χ1n) is 7.95. The third-order valence-electron chi connectivity index (χ3n) is 4.00. The minimum absolute atomic E-state index is 0.00806. The van der Waals surface area contributed by atoms with Gasteiger partial charge in [0, 0.05) is 10.6 Å². The van der Waals surface area contributed by atoms with Gasteiger partial charge in [0.1, 0.15) is 11.6 Å². The highest BCUT2D eigenvalue weighted by Crippen LogP contribution is 2.29. The Labute approximate surface area is 153 Å². The zero-order chi connectivity index (χ0) is 18.4. The standard InChI is InChI=1S/C21H21NO2S/c1-14-9-17(11-18(12-22)21(23)24-4)16(3)19(10-14)13-25-20-8-6-5-7-15(20)2/h5-11H,13H2,1-4H3/b18-11+. The third kappa shape index (κ3) is 4.74. The number of esters is 1. The number of benzene rings is 2. The van der Waals surface area contributed by atoms with Crippen LogP contribution < -0.4 is 0 Å². The van der Waals surface area contributed by atoms with E-state index in [1.54, 1.807) is 17.8 Å². The first-order valence-corrected chi connectivity index (χ1v) is 8.93. The van der Waals surface area contributed by atoms with Crippen LogP contribution >= 0.6 is 11.8 Å². The molecule has 0 aliphatic rings. The predicted molar refractivity (Wildman–Crippen MR) is 102 cm³/mol. The van der Waals surface area contributed by atoms with Gasteiger partial charge in [0.05, 0.1) is 7.11 Å². The summed E-state index contributed by atoms with van der Waals surface area (Å²) in [6.45, 7) is 6.14. The Morgan fingerprint density at radius 2 is 1.96 bits per heavy atom. The molecule has 2 aromatic carbocycles. The van der Waals surface area contributed by atoms with Crippen molar-refractivity contribution in [2.75, 3.05) is 7.11 Å². The Kier molecular flexibility index (Phi) is 6.44. The molecular weight excluding hydrogens is 330 g/mol. The molecule has 2 rings (SSSR count). The lowest BCUT2D eigenvalue weighted by Crippen LogP contribution is -2.03. The Balaban J connectivity index is 2.34. The third-order valence-corrected chi connectivity index (χ3v) is 5.23. The van der Waals surface area contributed by atoms with Crippen molar-refractivity contribution in [3.8, 4) is 6.07 Å². The van der Waals surface area contributed by atoms with Crippen LogP contribution in [0.3, 0.4) is 0 Å². The first kappa shape index (κ1) is 18.8. The lowest BCUT2D eigenvalue weighted by molar-refractivity contribution is -0.135. The van der Waals surface area contributed by atoms with Gasteiger partial charge in [-0.1, -0.05) is 35.9 Å². The molecule has 0 amide bonds. The SMILES string of the molecule is COC(=O)/C(C#N)=C/c1cc(C)cc(CSc2ccccc2C)c1C. The van der Waals surface area contributed by atoms with E-state index in [-0.39, 0.29) is 5.57 Å². The number of ether oxygens (including phenoxy) is 1. The van der Waals surface area contributed by atoms with E-state index in [0.29, 0.717) is 0 Å². The fourth-order valence-corrected chi connectivity index (χ4v) is 3.62. The summed E-state index contributed by atoms with van der Waals surface area (Å²) in [5, 5.41) is 9.18. The highest BCUT2D eigenvalue weighted by molar-refractivity contribution is 7.98. The summed E-state index contributed by atoms with van der Waals surface area (Å²) < 4.78 is 4.66. The number of hydrogen-bond acceptors (Lipinski definition) is 4. The number of rotatable bonds is 5. The van der Waals surface area contributed by atoms with Crippen molar-refractivity contribution in [3.05, 3.63) is 69.8 Å². The minimum atomic E-state index is -0.612. The molecule has 0 spiro atoms. The molecule has 25 heavy (non-hydrogen) atoms. The van der Waals surface area contributed by atoms with Crippen LogP contribution in [0.5, 0.6) is 0 Å². The Hall–Kier alpha value is -2.51. The van der Waals surface area contributed by atoms with E-state index in [4.69, 9.17) is 0 Å². The zero-order valence-electron chi connectivity index (χ0n) is 14.9. The maximum atomic E-state index is 11.7. The van der Waals surface area contributed by atoms with Gasteiger partial charge in [-0.3, -0.25) is 0 Å². The van der Waals surface area contributed by atoms with Gasteiger partial charge < -0.3 is 4.74 Å². The maximum absolute atomic E-state index is 11.7. The molecule has 0 aromatic heterocycles. The summed E-state index contributed by atoms with van der Waals surface area (Å²) in [5.74, 6) is 0.221. The predicted octanol–water partition coefficient (Wildman–Crippen LogP) is 4.98.